The van der Waals surface area contributed by atoms with Gasteiger partial charge in [-0.15, -0.1) is 0 Å². The van der Waals surface area contributed by atoms with Crippen LogP contribution in [0.25, 0.3) is 10.9 Å². The molecule has 184 valence electrons. The second-order valence-corrected chi connectivity index (χ2v) is 8.95. The first-order chi connectivity index (χ1) is 17.3. The van der Waals surface area contributed by atoms with Crippen LogP contribution in [0.5, 0.6) is 0 Å². The number of likely N-dealkylation sites (N-methyl/N-ethyl adjacent to an activating group) is 1. The van der Waals surface area contributed by atoms with Gasteiger partial charge in [-0.25, -0.2) is 4.79 Å². The lowest BCUT2D eigenvalue weighted by Crippen LogP contribution is -2.53. The van der Waals surface area contributed by atoms with Crippen molar-refractivity contribution < 1.29 is 19.5 Å². The first kappa shape index (κ1) is 24.7. The number of amides is 2. The number of benzene rings is 3. The highest BCUT2D eigenvalue weighted by atomic mass is 16.4. The maximum absolute atomic E-state index is 13.5. The number of para-hydroxylation sites is 1. The third kappa shape index (κ3) is 5.63. The summed E-state index contributed by atoms with van der Waals surface area (Å²) in [6.07, 6.45) is 2.13. The lowest BCUT2D eigenvalue weighted by molar-refractivity contribution is -0.142. The Kier molecular flexibility index (Phi) is 7.49. The van der Waals surface area contributed by atoms with Gasteiger partial charge in [0.15, 0.2) is 0 Å². The van der Waals surface area contributed by atoms with E-state index in [1.165, 1.54) is 4.90 Å². The van der Waals surface area contributed by atoms with Crippen molar-refractivity contribution in [2.75, 3.05) is 7.05 Å². The average Bonchev–Trinajstić information content (AvgIpc) is 3.29. The van der Waals surface area contributed by atoms with Gasteiger partial charge in [0.05, 0.1) is 0 Å². The molecule has 0 aliphatic heterocycles. The molecule has 36 heavy (non-hydrogen) atoms. The third-order valence-electron chi connectivity index (χ3n) is 6.34. The minimum absolute atomic E-state index is 0.110. The van der Waals surface area contributed by atoms with E-state index in [-0.39, 0.29) is 18.7 Å². The van der Waals surface area contributed by atoms with Crippen molar-refractivity contribution in [2.45, 2.75) is 31.8 Å². The molecule has 0 radical (unpaired) electrons. The number of H-pyrrole nitrogens is 1. The van der Waals surface area contributed by atoms with Crippen LogP contribution < -0.4 is 5.32 Å². The van der Waals surface area contributed by atoms with E-state index in [1.54, 1.807) is 31.4 Å². The van der Waals surface area contributed by atoms with Crippen LogP contribution in [0.4, 0.5) is 0 Å². The lowest BCUT2D eigenvalue weighted by Gasteiger charge is -2.29. The predicted octanol–water partition coefficient (Wildman–Crippen LogP) is 3.97. The highest BCUT2D eigenvalue weighted by Gasteiger charge is 2.31. The molecule has 2 amide bonds. The number of carboxylic acids is 1. The Labute approximate surface area is 209 Å². The van der Waals surface area contributed by atoms with Gasteiger partial charge in [-0.2, -0.15) is 0 Å². The average molecular weight is 484 g/mol. The Hall–Kier alpha value is -4.39. The van der Waals surface area contributed by atoms with Gasteiger partial charge in [-0.1, -0.05) is 66.2 Å². The molecule has 0 saturated heterocycles. The molecule has 2 atom stereocenters. The SMILES string of the molecule is Cc1cccc(C(=O)N(C)[C@H](Cc2ccccc2)C(=O)N[C@@H](Cc2c[nH]c3ccccc23)C(=O)O)c1. The molecule has 3 N–H and O–H groups in total. The molecule has 3 aromatic carbocycles. The number of nitrogens with zero attached hydrogens (tertiary/aromatic N) is 1. The summed E-state index contributed by atoms with van der Waals surface area (Å²) < 4.78 is 0. The standard InChI is InChI=1S/C29H29N3O4/c1-19-9-8-12-21(15-19)28(34)32(2)26(16-20-10-4-3-5-11-20)27(33)31-25(29(35)36)17-22-18-30-24-14-7-6-13-23(22)24/h3-15,18,25-26,30H,16-17H2,1-2H3,(H,31,33)(H,35,36)/t25-,26+/m0/s1. The number of aromatic amines is 1. The molecular weight excluding hydrogens is 454 g/mol. The number of hydrogen-bond donors (Lipinski definition) is 3. The van der Waals surface area contributed by atoms with E-state index in [0.717, 1.165) is 27.6 Å². The van der Waals surface area contributed by atoms with E-state index in [4.69, 9.17) is 0 Å². The monoisotopic (exact) mass is 483 g/mol. The molecule has 1 aromatic heterocycles. The second kappa shape index (κ2) is 10.9. The largest absolute Gasteiger partial charge is 0.480 e. The van der Waals surface area contributed by atoms with Gasteiger partial charge >= 0.3 is 5.97 Å². The van der Waals surface area contributed by atoms with Crippen molar-refractivity contribution in [3.63, 3.8) is 0 Å². The van der Waals surface area contributed by atoms with Crippen molar-refractivity contribution in [3.8, 4) is 0 Å². The fourth-order valence-corrected chi connectivity index (χ4v) is 4.35. The number of rotatable bonds is 9. The van der Waals surface area contributed by atoms with Crippen molar-refractivity contribution in [2.24, 2.45) is 0 Å². The van der Waals surface area contributed by atoms with Gasteiger partial charge in [-0.3, -0.25) is 9.59 Å². The van der Waals surface area contributed by atoms with Crippen molar-refractivity contribution in [1.29, 1.82) is 0 Å². The molecule has 1 heterocycles. The molecule has 7 heteroatoms. The van der Waals surface area contributed by atoms with Gasteiger partial charge in [0, 0.05) is 42.6 Å². The summed E-state index contributed by atoms with van der Waals surface area (Å²) >= 11 is 0. The Morgan fingerprint density at radius 1 is 0.944 bits per heavy atom. The molecule has 0 saturated carbocycles. The van der Waals surface area contributed by atoms with Crippen molar-refractivity contribution >= 4 is 28.7 Å². The van der Waals surface area contributed by atoms with Gasteiger partial charge in [-0.05, 0) is 36.2 Å². The summed E-state index contributed by atoms with van der Waals surface area (Å²) in [6.45, 7) is 1.90. The number of carbonyl (C=O) groups is 3. The quantitative estimate of drug-likeness (QED) is 0.335. The summed E-state index contributed by atoms with van der Waals surface area (Å²) in [5.41, 5.74) is 3.96. The fourth-order valence-electron chi connectivity index (χ4n) is 4.35. The molecule has 0 bridgehead atoms. The van der Waals surface area contributed by atoms with Crippen LogP contribution >= 0.6 is 0 Å². The molecule has 0 unspecified atom stereocenters. The number of aromatic nitrogens is 1. The number of aryl methyl sites for hydroxylation is 1. The smallest absolute Gasteiger partial charge is 0.326 e. The van der Waals surface area contributed by atoms with Crippen LogP contribution in [0.3, 0.4) is 0 Å². The minimum Gasteiger partial charge on any atom is -0.480 e. The van der Waals surface area contributed by atoms with E-state index in [0.29, 0.717) is 5.56 Å². The summed E-state index contributed by atoms with van der Waals surface area (Å²) in [6, 6.07) is 22.1. The number of fused-ring (bicyclic) bond motifs is 1. The van der Waals surface area contributed by atoms with Crippen LogP contribution in [0.15, 0.2) is 85.1 Å². The number of carboxylic acid groups (broad SMARTS) is 1. The zero-order valence-corrected chi connectivity index (χ0v) is 20.3. The molecule has 0 spiro atoms. The van der Waals surface area contributed by atoms with Crippen molar-refractivity contribution in [1.82, 2.24) is 15.2 Å². The summed E-state index contributed by atoms with van der Waals surface area (Å²) in [7, 11) is 1.58. The fraction of sp³-hybridized carbons (Fsp3) is 0.207. The van der Waals surface area contributed by atoms with Crippen molar-refractivity contribution in [3.05, 3.63) is 107 Å². The molecular formula is C29H29N3O4. The maximum atomic E-state index is 13.5. The highest BCUT2D eigenvalue weighted by molar-refractivity contribution is 5.98. The first-order valence-electron chi connectivity index (χ1n) is 11.8. The minimum atomic E-state index is -1.16. The van der Waals surface area contributed by atoms with Crippen LogP contribution in [0, 0.1) is 6.92 Å². The summed E-state index contributed by atoms with van der Waals surface area (Å²) in [5.74, 6) is -1.97. The van der Waals surface area contributed by atoms with Crippen LogP contribution in [-0.2, 0) is 22.4 Å². The number of nitrogens with one attached hydrogen (secondary N) is 2. The predicted molar refractivity (Wildman–Crippen MR) is 139 cm³/mol. The number of carbonyl (C=O) groups excluding carboxylic acids is 2. The topological polar surface area (TPSA) is 103 Å². The maximum Gasteiger partial charge on any atom is 0.326 e. The molecule has 4 aromatic rings. The first-order valence-corrected chi connectivity index (χ1v) is 11.8. The Morgan fingerprint density at radius 3 is 2.39 bits per heavy atom. The van der Waals surface area contributed by atoms with E-state index in [2.05, 4.69) is 10.3 Å². The lowest BCUT2D eigenvalue weighted by atomic mass is 10.0. The van der Waals surface area contributed by atoms with E-state index in [1.807, 2.05) is 67.6 Å². The van der Waals surface area contributed by atoms with E-state index < -0.39 is 24.0 Å². The van der Waals surface area contributed by atoms with Gasteiger partial charge in [0.1, 0.15) is 12.1 Å². The molecule has 0 fully saturated rings. The summed E-state index contributed by atoms with van der Waals surface area (Å²) in [5, 5.41) is 13.5. The van der Waals surface area contributed by atoms with E-state index in [9.17, 15) is 19.5 Å². The molecule has 0 aliphatic carbocycles. The molecule has 7 nitrogen and oxygen atoms in total. The third-order valence-corrected chi connectivity index (χ3v) is 6.34. The molecule has 4 rings (SSSR count). The molecule has 0 aliphatic rings. The highest BCUT2D eigenvalue weighted by Crippen LogP contribution is 2.20. The van der Waals surface area contributed by atoms with Crippen LogP contribution in [0.1, 0.15) is 27.0 Å². The van der Waals surface area contributed by atoms with Crippen LogP contribution in [-0.4, -0.2) is 51.9 Å². The zero-order valence-electron chi connectivity index (χ0n) is 20.3. The Morgan fingerprint density at radius 2 is 1.67 bits per heavy atom. The van der Waals surface area contributed by atoms with Gasteiger partial charge in [0.2, 0.25) is 5.91 Å². The normalized spacial score (nSPS) is 12.6. The Balaban J connectivity index is 1.59. The second-order valence-electron chi connectivity index (χ2n) is 8.95. The summed E-state index contributed by atoms with van der Waals surface area (Å²) in [4.78, 5) is 43.5. The number of hydrogen-bond acceptors (Lipinski definition) is 3. The Bertz CT molecular complexity index is 1380. The van der Waals surface area contributed by atoms with E-state index >= 15 is 0 Å². The number of aliphatic carboxylic acids is 1. The van der Waals surface area contributed by atoms with Crippen LogP contribution in [0.2, 0.25) is 0 Å². The van der Waals surface area contributed by atoms with Gasteiger partial charge < -0.3 is 20.3 Å². The zero-order chi connectivity index (χ0) is 25.7. The van der Waals surface area contributed by atoms with Gasteiger partial charge in [0.25, 0.3) is 5.91 Å².